The topological polar surface area (TPSA) is 76.7 Å². The first kappa shape index (κ1) is 17.8. The molecule has 0 saturated heterocycles. The van der Waals surface area contributed by atoms with Crippen molar-refractivity contribution in [2.75, 3.05) is 6.79 Å². The summed E-state index contributed by atoms with van der Waals surface area (Å²) in [5.74, 6) is 0.893. The third-order valence-electron chi connectivity index (χ3n) is 4.27. The van der Waals surface area contributed by atoms with E-state index in [-0.39, 0.29) is 24.6 Å². The number of benzene rings is 2. The maximum Gasteiger partial charge on any atom is 0.251 e. The molecule has 2 amide bonds. The highest BCUT2D eigenvalue weighted by atomic mass is 16.7. The van der Waals surface area contributed by atoms with Crippen LogP contribution in [-0.4, -0.2) is 24.6 Å². The molecule has 3 rings (SSSR count). The van der Waals surface area contributed by atoms with Gasteiger partial charge in [-0.1, -0.05) is 19.1 Å². The van der Waals surface area contributed by atoms with E-state index in [1.54, 1.807) is 30.3 Å². The molecule has 1 aliphatic heterocycles. The van der Waals surface area contributed by atoms with Crippen LogP contribution in [0.25, 0.3) is 0 Å². The highest BCUT2D eigenvalue weighted by Gasteiger charge is 2.16. The number of nitrogens with one attached hydrogen (secondary N) is 2. The first-order valence-corrected chi connectivity index (χ1v) is 8.64. The fraction of sp³-hybridized carbons (Fsp3) is 0.300. The van der Waals surface area contributed by atoms with E-state index in [2.05, 4.69) is 10.6 Å². The van der Waals surface area contributed by atoms with Gasteiger partial charge in [-0.25, -0.2) is 0 Å². The van der Waals surface area contributed by atoms with E-state index in [0.29, 0.717) is 29.2 Å². The van der Waals surface area contributed by atoms with Gasteiger partial charge in [0.15, 0.2) is 11.5 Å². The van der Waals surface area contributed by atoms with Gasteiger partial charge < -0.3 is 20.1 Å². The normalized spacial score (nSPS) is 13.2. The van der Waals surface area contributed by atoms with E-state index in [9.17, 15) is 9.59 Å². The molecule has 2 N–H and O–H groups in total. The second-order valence-electron chi connectivity index (χ2n) is 6.23. The summed E-state index contributed by atoms with van der Waals surface area (Å²) >= 11 is 0. The third kappa shape index (κ3) is 4.14. The summed E-state index contributed by atoms with van der Waals surface area (Å²) in [6.45, 7) is 4.49. The van der Waals surface area contributed by atoms with Crippen molar-refractivity contribution in [3.05, 3.63) is 59.2 Å². The summed E-state index contributed by atoms with van der Waals surface area (Å²) in [6.07, 6.45) is 0.872. The monoisotopic (exact) mass is 354 g/mol. The Morgan fingerprint density at radius 1 is 1.04 bits per heavy atom. The van der Waals surface area contributed by atoms with Gasteiger partial charge in [-0.05, 0) is 49.2 Å². The fourth-order valence-electron chi connectivity index (χ4n) is 2.55. The highest BCUT2D eigenvalue weighted by molar-refractivity contribution is 5.95. The second-order valence-corrected chi connectivity index (χ2v) is 6.23. The lowest BCUT2D eigenvalue weighted by molar-refractivity contribution is 0.0936. The Balaban J connectivity index is 1.61. The van der Waals surface area contributed by atoms with Crippen LogP contribution in [-0.2, 0) is 6.54 Å². The number of carbonyl (C=O) groups is 2. The lowest BCUT2D eigenvalue weighted by Gasteiger charge is -2.12. The van der Waals surface area contributed by atoms with Crippen LogP contribution in [0.4, 0.5) is 0 Å². The van der Waals surface area contributed by atoms with E-state index in [0.717, 1.165) is 12.0 Å². The molecule has 1 heterocycles. The standard InChI is InChI=1S/C20H22N2O4/c1-3-13(2)22-20(24)15-6-4-5-14(9-15)11-21-19(23)16-7-8-17-18(10-16)26-12-25-17/h4-10,13H,3,11-12H2,1-2H3,(H,21,23)(H,22,24). The third-order valence-corrected chi connectivity index (χ3v) is 4.27. The van der Waals surface area contributed by atoms with Gasteiger partial charge in [-0.3, -0.25) is 9.59 Å². The van der Waals surface area contributed by atoms with Crippen LogP contribution in [0.2, 0.25) is 0 Å². The van der Waals surface area contributed by atoms with Crippen molar-refractivity contribution in [3.63, 3.8) is 0 Å². The number of rotatable bonds is 6. The quantitative estimate of drug-likeness (QED) is 0.836. The molecule has 0 bridgehead atoms. The molecule has 0 fully saturated rings. The summed E-state index contributed by atoms with van der Waals surface area (Å²) in [4.78, 5) is 24.5. The Bertz CT molecular complexity index is 819. The Labute approximate surface area is 152 Å². The maximum atomic E-state index is 12.3. The first-order valence-electron chi connectivity index (χ1n) is 8.64. The van der Waals surface area contributed by atoms with E-state index in [1.807, 2.05) is 26.0 Å². The minimum Gasteiger partial charge on any atom is -0.454 e. The fourth-order valence-corrected chi connectivity index (χ4v) is 2.55. The van der Waals surface area contributed by atoms with Crippen LogP contribution < -0.4 is 20.1 Å². The first-order chi connectivity index (χ1) is 12.6. The molecule has 1 aliphatic rings. The SMILES string of the molecule is CCC(C)NC(=O)c1cccc(CNC(=O)c2ccc3c(c2)OCO3)c1. The van der Waals surface area contributed by atoms with Crippen LogP contribution in [0.1, 0.15) is 46.5 Å². The predicted molar refractivity (Wildman–Crippen MR) is 97.4 cm³/mol. The van der Waals surface area contributed by atoms with Gasteiger partial charge in [-0.15, -0.1) is 0 Å². The van der Waals surface area contributed by atoms with Gasteiger partial charge in [0.25, 0.3) is 11.8 Å². The van der Waals surface area contributed by atoms with E-state index in [4.69, 9.17) is 9.47 Å². The highest BCUT2D eigenvalue weighted by Crippen LogP contribution is 2.32. The van der Waals surface area contributed by atoms with Crippen LogP contribution in [0, 0.1) is 0 Å². The Hall–Kier alpha value is -3.02. The zero-order valence-corrected chi connectivity index (χ0v) is 14.9. The molecule has 136 valence electrons. The molecular weight excluding hydrogens is 332 g/mol. The molecule has 26 heavy (non-hydrogen) atoms. The largest absolute Gasteiger partial charge is 0.454 e. The van der Waals surface area contributed by atoms with Gasteiger partial charge >= 0.3 is 0 Å². The van der Waals surface area contributed by atoms with Crippen LogP contribution in [0.5, 0.6) is 11.5 Å². The van der Waals surface area contributed by atoms with E-state index < -0.39 is 0 Å². The molecule has 6 heteroatoms. The van der Waals surface area contributed by atoms with E-state index >= 15 is 0 Å². The van der Waals surface area contributed by atoms with Crippen molar-refractivity contribution >= 4 is 11.8 Å². The number of hydrogen-bond acceptors (Lipinski definition) is 4. The van der Waals surface area contributed by atoms with Crippen molar-refractivity contribution in [1.82, 2.24) is 10.6 Å². The van der Waals surface area contributed by atoms with E-state index in [1.165, 1.54) is 0 Å². The molecule has 1 atom stereocenters. The molecular formula is C20H22N2O4. The minimum absolute atomic E-state index is 0.108. The minimum atomic E-state index is -0.210. The summed E-state index contributed by atoms with van der Waals surface area (Å²) in [7, 11) is 0. The predicted octanol–water partition coefficient (Wildman–Crippen LogP) is 2.87. The molecule has 2 aromatic rings. The number of ether oxygens (including phenoxy) is 2. The second kappa shape index (κ2) is 7.91. The molecule has 0 spiro atoms. The van der Waals surface area contributed by atoms with Gasteiger partial charge in [0.05, 0.1) is 0 Å². The average Bonchev–Trinajstić information content (AvgIpc) is 3.13. The maximum absolute atomic E-state index is 12.3. The van der Waals surface area contributed by atoms with Crippen LogP contribution in [0.15, 0.2) is 42.5 Å². The van der Waals surface area contributed by atoms with Gasteiger partial charge in [0.2, 0.25) is 6.79 Å². The molecule has 2 aromatic carbocycles. The van der Waals surface area contributed by atoms with Crippen LogP contribution in [0.3, 0.4) is 0 Å². The van der Waals surface area contributed by atoms with Gasteiger partial charge in [0.1, 0.15) is 0 Å². The summed E-state index contributed by atoms with van der Waals surface area (Å²) in [5.41, 5.74) is 1.94. The lowest BCUT2D eigenvalue weighted by atomic mass is 10.1. The molecule has 0 aromatic heterocycles. The van der Waals surface area contributed by atoms with Crippen molar-refractivity contribution < 1.29 is 19.1 Å². The molecule has 1 unspecified atom stereocenters. The summed E-state index contributed by atoms with van der Waals surface area (Å²) in [6, 6.07) is 12.4. The number of amides is 2. The zero-order chi connectivity index (χ0) is 18.5. The Morgan fingerprint density at radius 2 is 1.81 bits per heavy atom. The van der Waals surface area contributed by atoms with Gasteiger partial charge in [-0.2, -0.15) is 0 Å². The lowest BCUT2D eigenvalue weighted by Crippen LogP contribution is -2.32. The number of fused-ring (bicyclic) bond motifs is 1. The smallest absolute Gasteiger partial charge is 0.251 e. The van der Waals surface area contributed by atoms with Gasteiger partial charge in [0, 0.05) is 23.7 Å². The molecule has 0 radical (unpaired) electrons. The summed E-state index contributed by atoms with van der Waals surface area (Å²) < 4.78 is 10.5. The Kier molecular flexibility index (Phi) is 5.41. The molecule has 0 saturated carbocycles. The number of carbonyl (C=O) groups excluding carboxylic acids is 2. The van der Waals surface area contributed by atoms with Crippen LogP contribution >= 0.6 is 0 Å². The summed E-state index contributed by atoms with van der Waals surface area (Å²) in [5, 5.41) is 5.79. The van der Waals surface area contributed by atoms with Crippen molar-refractivity contribution in [1.29, 1.82) is 0 Å². The van der Waals surface area contributed by atoms with Crippen molar-refractivity contribution in [3.8, 4) is 11.5 Å². The average molecular weight is 354 g/mol. The van der Waals surface area contributed by atoms with Crippen molar-refractivity contribution in [2.45, 2.75) is 32.9 Å². The molecule has 6 nitrogen and oxygen atoms in total. The molecule has 0 aliphatic carbocycles. The Morgan fingerprint density at radius 3 is 2.62 bits per heavy atom. The van der Waals surface area contributed by atoms with Crippen molar-refractivity contribution in [2.24, 2.45) is 0 Å². The zero-order valence-electron chi connectivity index (χ0n) is 14.9. The number of hydrogen-bond donors (Lipinski definition) is 2.